The molecule has 5 nitrogen and oxygen atoms in total. The average molecular weight is 256 g/mol. The molecule has 0 radical (unpaired) electrons. The molecule has 0 aliphatic heterocycles. The summed E-state index contributed by atoms with van der Waals surface area (Å²) in [5.41, 5.74) is 0. The molecule has 1 aliphatic carbocycles. The minimum absolute atomic E-state index is 0.0697. The molecule has 0 aromatic carbocycles. The van der Waals surface area contributed by atoms with Gasteiger partial charge in [0.15, 0.2) is 0 Å². The lowest BCUT2D eigenvalue weighted by molar-refractivity contribution is -0.140. The Bertz CT molecular complexity index is 290. The Kier molecular flexibility index (Phi) is 5.95. The number of amides is 2. The number of nitrogens with one attached hydrogen (secondary N) is 2. The zero-order valence-corrected chi connectivity index (χ0v) is 11.2. The van der Waals surface area contributed by atoms with Gasteiger partial charge in [0.1, 0.15) is 6.04 Å². The number of hydrogen-bond donors (Lipinski definition) is 3. The molecule has 5 heteroatoms. The van der Waals surface area contributed by atoms with E-state index in [1.54, 1.807) is 0 Å². The number of hydrogen-bond acceptors (Lipinski definition) is 2. The lowest BCUT2D eigenvalue weighted by Gasteiger charge is -2.20. The van der Waals surface area contributed by atoms with Crippen molar-refractivity contribution < 1.29 is 14.7 Å². The number of carbonyl (C=O) groups excluding carboxylic acids is 1. The maximum atomic E-state index is 11.6. The van der Waals surface area contributed by atoms with Gasteiger partial charge in [-0.3, -0.25) is 0 Å². The SMILES string of the molecule is CC[C@H](C)[C@H](NC(=O)NCCCC1CC1)C(=O)O. The Hall–Kier alpha value is -1.26. The van der Waals surface area contributed by atoms with Crippen molar-refractivity contribution >= 4 is 12.0 Å². The van der Waals surface area contributed by atoms with Crippen LogP contribution >= 0.6 is 0 Å². The van der Waals surface area contributed by atoms with Gasteiger partial charge in [-0.1, -0.05) is 33.1 Å². The van der Waals surface area contributed by atoms with Crippen LogP contribution < -0.4 is 10.6 Å². The van der Waals surface area contributed by atoms with E-state index in [9.17, 15) is 9.59 Å². The van der Waals surface area contributed by atoms with Crippen LogP contribution in [0, 0.1) is 11.8 Å². The van der Waals surface area contributed by atoms with E-state index in [0.29, 0.717) is 6.54 Å². The van der Waals surface area contributed by atoms with E-state index in [-0.39, 0.29) is 11.9 Å². The van der Waals surface area contributed by atoms with Crippen LogP contribution in [0.5, 0.6) is 0 Å². The van der Waals surface area contributed by atoms with E-state index >= 15 is 0 Å². The maximum absolute atomic E-state index is 11.6. The number of rotatable bonds is 8. The Morgan fingerprint density at radius 2 is 2.06 bits per heavy atom. The van der Waals surface area contributed by atoms with Crippen LogP contribution in [0.2, 0.25) is 0 Å². The summed E-state index contributed by atoms with van der Waals surface area (Å²) in [6.07, 6.45) is 5.49. The summed E-state index contributed by atoms with van der Waals surface area (Å²) in [4.78, 5) is 22.6. The molecule has 0 heterocycles. The zero-order valence-electron chi connectivity index (χ0n) is 11.2. The van der Waals surface area contributed by atoms with Gasteiger partial charge in [-0.2, -0.15) is 0 Å². The lowest BCUT2D eigenvalue weighted by atomic mass is 9.99. The molecule has 0 aromatic heterocycles. The van der Waals surface area contributed by atoms with E-state index in [2.05, 4.69) is 10.6 Å². The van der Waals surface area contributed by atoms with Gasteiger partial charge < -0.3 is 15.7 Å². The van der Waals surface area contributed by atoms with Crippen molar-refractivity contribution in [3.8, 4) is 0 Å². The van der Waals surface area contributed by atoms with E-state index in [1.807, 2.05) is 13.8 Å². The number of carboxylic acid groups (broad SMARTS) is 1. The van der Waals surface area contributed by atoms with Gasteiger partial charge in [0.25, 0.3) is 0 Å². The Morgan fingerprint density at radius 1 is 1.39 bits per heavy atom. The molecule has 2 amide bonds. The first-order valence-electron chi connectivity index (χ1n) is 6.81. The van der Waals surface area contributed by atoms with Crippen LogP contribution in [0.1, 0.15) is 46.0 Å². The summed E-state index contributed by atoms with van der Waals surface area (Å²) >= 11 is 0. The summed E-state index contributed by atoms with van der Waals surface area (Å²) < 4.78 is 0. The van der Waals surface area contributed by atoms with E-state index in [1.165, 1.54) is 12.8 Å². The van der Waals surface area contributed by atoms with Crippen molar-refractivity contribution in [1.82, 2.24) is 10.6 Å². The van der Waals surface area contributed by atoms with Crippen LogP contribution in [-0.2, 0) is 4.79 Å². The predicted octanol–water partition coefficient (Wildman–Crippen LogP) is 1.98. The van der Waals surface area contributed by atoms with E-state index in [4.69, 9.17) is 5.11 Å². The van der Waals surface area contributed by atoms with Crippen LogP contribution in [0.4, 0.5) is 4.79 Å². The average Bonchev–Trinajstić information content (AvgIpc) is 3.14. The van der Waals surface area contributed by atoms with Gasteiger partial charge in [0.2, 0.25) is 0 Å². The zero-order chi connectivity index (χ0) is 13.5. The number of aliphatic carboxylic acids is 1. The fourth-order valence-corrected chi connectivity index (χ4v) is 1.87. The van der Waals surface area contributed by atoms with Crippen molar-refractivity contribution in [2.75, 3.05) is 6.54 Å². The summed E-state index contributed by atoms with van der Waals surface area (Å²) in [6.45, 7) is 4.36. The molecule has 1 rings (SSSR count). The van der Waals surface area contributed by atoms with E-state index in [0.717, 1.165) is 25.2 Å². The van der Waals surface area contributed by atoms with Crippen molar-refractivity contribution in [3.05, 3.63) is 0 Å². The van der Waals surface area contributed by atoms with Crippen LogP contribution in [-0.4, -0.2) is 29.7 Å². The van der Waals surface area contributed by atoms with Gasteiger partial charge >= 0.3 is 12.0 Å². The molecule has 0 aromatic rings. The second-order valence-electron chi connectivity index (χ2n) is 5.19. The van der Waals surface area contributed by atoms with Crippen molar-refractivity contribution in [1.29, 1.82) is 0 Å². The van der Waals surface area contributed by atoms with Crippen LogP contribution in [0.25, 0.3) is 0 Å². The standard InChI is InChI=1S/C13H24N2O3/c1-3-9(2)11(12(16)17)15-13(18)14-8-4-5-10-6-7-10/h9-11H,3-8H2,1-2H3,(H,16,17)(H2,14,15,18)/t9-,11-/m0/s1. The molecule has 2 atom stereocenters. The molecule has 0 bridgehead atoms. The molecular formula is C13H24N2O3. The quantitative estimate of drug-likeness (QED) is 0.581. The summed E-state index contributed by atoms with van der Waals surface area (Å²) in [7, 11) is 0. The van der Waals surface area contributed by atoms with E-state index < -0.39 is 12.0 Å². The third-order valence-electron chi connectivity index (χ3n) is 3.54. The summed E-state index contributed by atoms with van der Waals surface area (Å²) in [5, 5.41) is 14.3. The summed E-state index contributed by atoms with van der Waals surface area (Å²) in [6, 6.07) is -1.18. The smallest absolute Gasteiger partial charge is 0.326 e. The van der Waals surface area contributed by atoms with Gasteiger partial charge in [0, 0.05) is 6.54 Å². The Balaban J connectivity index is 2.20. The first kappa shape index (κ1) is 14.8. The molecule has 0 spiro atoms. The first-order valence-corrected chi connectivity index (χ1v) is 6.81. The Labute approximate surface area is 108 Å². The molecule has 18 heavy (non-hydrogen) atoms. The topological polar surface area (TPSA) is 78.4 Å². The monoisotopic (exact) mass is 256 g/mol. The normalized spacial score (nSPS) is 17.9. The third kappa shape index (κ3) is 5.38. The minimum atomic E-state index is -0.975. The lowest BCUT2D eigenvalue weighted by Crippen LogP contribution is -2.49. The number of carbonyl (C=O) groups is 2. The predicted molar refractivity (Wildman–Crippen MR) is 69.4 cm³/mol. The molecular weight excluding hydrogens is 232 g/mol. The minimum Gasteiger partial charge on any atom is -0.480 e. The van der Waals surface area contributed by atoms with Crippen LogP contribution in [0.15, 0.2) is 0 Å². The van der Waals surface area contributed by atoms with Gasteiger partial charge in [-0.25, -0.2) is 9.59 Å². The van der Waals surface area contributed by atoms with Crippen LogP contribution in [0.3, 0.4) is 0 Å². The third-order valence-corrected chi connectivity index (χ3v) is 3.54. The fraction of sp³-hybridized carbons (Fsp3) is 0.846. The highest BCUT2D eigenvalue weighted by Gasteiger charge is 2.25. The second kappa shape index (κ2) is 7.24. The molecule has 1 fully saturated rings. The number of urea groups is 1. The highest BCUT2D eigenvalue weighted by molar-refractivity contribution is 5.82. The molecule has 0 unspecified atom stereocenters. The van der Waals surface area contributed by atoms with Gasteiger partial charge in [-0.05, 0) is 24.7 Å². The second-order valence-corrected chi connectivity index (χ2v) is 5.19. The van der Waals surface area contributed by atoms with Crippen molar-refractivity contribution in [3.63, 3.8) is 0 Å². The van der Waals surface area contributed by atoms with Crippen molar-refractivity contribution in [2.24, 2.45) is 11.8 Å². The summed E-state index contributed by atoms with van der Waals surface area (Å²) in [5.74, 6) is -0.182. The van der Waals surface area contributed by atoms with Crippen molar-refractivity contribution in [2.45, 2.75) is 52.0 Å². The molecule has 0 saturated heterocycles. The van der Waals surface area contributed by atoms with Gasteiger partial charge in [0.05, 0.1) is 0 Å². The fourth-order valence-electron chi connectivity index (χ4n) is 1.87. The number of carboxylic acids is 1. The highest BCUT2D eigenvalue weighted by atomic mass is 16.4. The molecule has 1 saturated carbocycles. The van der Waals surface area contributed by atoms with Gasteiger partial charge in [-0.15, -0.1) is 0 Å². The molecule has 1 aliphatic rings. The maximum Gasteiger partial charge on any atom is 0.326 e. The largest absolute Gasteiger partial charge is 0.480 e. The highest BCUT2D eigenvalue weighted by Crippen LogP contribution is 2.33. The Morgan fingerprint density at radius 3 is 2.56 bits per heavy atom. The molecule has 104 valence electrons. The molecule has 3 N–H and O–H groups in total. The first-order chi connectivity index (χ1) is 8.54.